The van der Waals surface area contributed by atoms with Gasteiger partial charge in [-0.3, -0.25) is 9.59 Å². The molecule has 0 aliphatic heterocycles. The fourth-order valence-electron chi connectivity index (χ4n) is 9.77. The van der Waals surface area contributed by atoms with Gasteiger partial charge in [0.25, 0.3) is 0 Å². The monoisotopic (exact) mass is 550 g/mol. The Bertz CT molecular complexity index is 1150. The first-order chi connectivity index (χ1) is 18.9. The maximum atomic E-state index is 14.0. The summed E-state index contributed by atoms with van der Waals surface area (Å²) in [6, 6.07) is 9.79. The van der Waals surface area contributed by atoms with Crippen LogP contribution in [0.2, 0.25) is 0 Å². The van der Waals surface area contributed by atoms with Crippen LogP contribution in [0.1, 0.15) is 71.8 Å². The molecule has 4 aliphatic rings. The predicted octanol–water partition coefficient (Wildman–Crippen LogP) is 4.39. The molecule has 3 saturated carbocycles. The van der Waals surface area contributed by atoms with Crippen LogP contribution in [-0.4, -0.2) is 65.7 Å². The lowest BCUT2D eigenvalue weighted by Crippen LogP contribution is -2.55. The third-order valence-corrected chi connectivity index (χ3v) is 12.4. The number of carbonyl (C=O) groups is 2. The Hall–Kier alpha value is -2.02. The summed E-state index contributed by atoms with van der Waals surface area (Å²) in [5, 5.41) is 25.5. The van der Waals surface area contributed by atoms with Gasteiger partial charge in [-0.1, -0.05) is 62.8 Å². The number of amides is 1. The van der Waals surface area contributed by atoms with E-state index in [-0.39, 0.29) is 59.1 Å². The summed E-state index contributed by atoms with van der Waals surface area (Å²) in [5.41, 5.74) is 1.38. The van der Waals surface area contributed by atoms with Gasteiger partial charge in [-0.2, -0.15) is 0 Å². The van der Waals surface area contributed by atoms with Crippen molar-refractivity contribution in [3.05, 3.63) is 47.5 Å². The second-order valence-electron chi connectivity index (χ2n) is 14.5. The summed E-state index contributed by atoms with van der Waals surface area (Å²) in [4.78, 5) is 29.2. The molecule has 3 N–H and O–H groups in total. The summed E-state index contributed by atoms with van der Waals surface area (Å²) < 4.78 is 0. The highest BCUT2D eigenvalue weighted by molar-refractivity contribution is 5.84. The van der Waals surface area contributed by atoms with Crippen LogP contribution in [0.3, 0.4) is 0 Å². The van der Waals surface area contributed by atoms with Crippen molar-refractivity contribution in [2.45, 2.75) is 90.8 Å². The van der Waals surface area contributed by atoms with Crippen molar-refractivity contribution in [2.75, 3.05) is 20.7 Å². The van der Waals surface area contributed by atoms with Crippen LogP contribution in [0.15, 0.2) is 42.0 Å². The first-order valence-electron chi connectivity index (χ1n) is 15.4. The van der Waals surface area contributed by atoms with E-state index in [1.807, 2.05) is 30.3 Å². The molecule has 4 aliphatic carbocycles. The molecule has 1 aromatic rings. The lowest BCUT2D eigenvalue weighted by atomic mass is 9.48. The van der Waals surface area contributed by atoms with E-state index in [1.54, 1.807) is 0 Å². The number of benzene rings is 1. The molecule has 6 nitrogen and oxygen atoms in total. The van der Waals surface area contributed by atoms with Gasteiger partial charge in [0.1, 0.15) is 5.78 Å². The molecule has 0 bridgehead atoms. The largest absolute Gasteiger partial charge is 0.396 e. The third kappa shape index (κ3) is 4.59. The van der Waals surface area contributed by atoms with Gasteiger partial charge in [0.05, 0.1) is 19.1 Å². The van der Waals surface area contributed by atoms with E-state index < -0.39 is 11.5 Å². The molecule has 220 valence electrons. The zero-order valence-corrected chi connectivity index (χ0v) is 25.3. The molecule has 5 rings (SSSR count). The van der Waals surface area contributed by atoms with E-state index in [9.17, 15) is 19.8 Å². The summed E-state index contributed by atoms with van der Waals surface area (Å²) in [6.07, 6.45) is 6.63. The summed E-state index contributed by atoms with van der Waals surface area (Å²) in [7, 11) is 4.13. The van der Waals surface area contributed by atoms with E-state index in [0.29, 0.717) is 25.0 Å². The molecule has 1 aromatic carbocycles. The van der Waals surface area contributed by atoms with Gasteiger partial charge in [0.2, 0.25) is 5.91 Å². The second kappa shape index (κ2) is 10.7. The van der Waals surface area contributed by atoms with Gasteiger partial charge in [0, 0.05) is 35.8 Å². The summed E-state index contributed by atoms with van der Waals surface area (Å²) in [5.74, 6) is 0.656. The molecule has 1 amide bonds. The van der Waals surface area contributed by atoms with E-state index in [2.05, 4.69) is 58.1 Å². The highest BCUT2D eigenvalue weighted by atomic mass is 16.3. The van der Waals surface area contributed by atoms with Crippen LogP contribution in [0.25, 0.3) is 0 Å². The van der Waals surface area contributed by atoms with E-state index in [4.69, 9.17) is 0 Å². The number of allylic oxidation sites excluding steroid dienone is 1. The third-order valence-electron chi connectivity index (χ3n) is 12.4. The molecule has 0 unspecified atom stereocenters. The van der Waals surface area contributed by atoms with E-state index in [1.165, 1.54) is 5.57 Å². The SMILES string of the molecule is C[C@@H]([C@H]1[C@H](O)C[C@@]2(C)[C@@H]3CC[C@@H]4C(=CC[C@H](NC(=O)Cc5ccccc5)[C@@]4(C)CO)C[C@H]3C(=O)C[C@]12C)N(C)C. The minimum absolute atomic E-state index is 0.00924. The average Bonchev–Trinajstić information content (AvgIpc) is 3.02. The van der Waals surface area contributed by atoms with Crippen LogP contribution in [-0.2, 0) is 16.0 Å². The fraction of sp³-hybridized carbons (Fsp3) is 0.706. The summed E-state index contributed by atoms with van der Waals surface area (Å²) in [6.45, 7) is 8.92. The van der Waals surface area contributed by atoms with E-state index in [0.717, 1.165) is 31.2 Å². The number of aliphatic hydroxyl groups is 2. The van der Waals surface area contributed by atoms with Crippen LogP contribution < -0.4 is 5.32 Å². The van der Waals surface area contributed by atoms with Gasteiger partial charge < -0.3 is 20.4 Å². The molecule has 0 heterocycles. The minimum Gasteiger partial charge on any atom is -0.396 e. The van der Waals surface area contributed by atoms with Gasteiger partial charge >= 0.3 is 0 Å². The smallest absolute Gasteiger partial charge is 0.224 e. The van der Waals surface area contributed by atoms with Gasteiger partial charge in [-0.05, 0) is 81.4 Å². The van der Waals surface area contributed by atoms with Crippen molar-refractivity contribution >= 4 is 11.7 Å². The van der Waals surface area contributed by atoms with Crippen LogP contribution in [0.4, 0.5) is 0 Å². The highest BCUT2D eigenvalue weighted by Gasteiger charge is 2.67. The number of carbonyl (C=O) groups excluding carboxylic acids is 2. The zero-order chi connectivity index (χ0) is 29.0. The lowest BCUT2D eigenvalue weighted by Gasteiger charge is -2.56. The molecular weight excluding hydrogens is 500 g/mol. The average molecular weight is 551 g/mol. The number of hydrogen-bond acceptors (Lipinski definition) is 5. The Labute approximate surface area is 240 Å². The van der Waals surface area contributed by atoms with Crippen molar-refractivity contribution < 1.29 is 19.8 Å². The maximum absolute atomic E-state index is 14.0. The molecule has 10 atom stereocenters. The normalized spacial score (nSPS) is 41.8. The molecular formula is C34H50N2O4. The highest BCUT2D eigenvalue weighted by Crippen LogP contribution is 2.69. The molecule has 3 fully saturated rings. The first-order valence-corrected chi connectivity index (χ1v) is 15.4. The quantitative estimate of drug-likeness (QED) is 0.457. The predicted molar refractivity (Wildman–Crippen MR) is 157 cm³/mol. The minimum atomic E-state index is -0.492. The number of nitrogens with one attached hydrogen (secondary N) is 1. The number of Topliss-reactive ketones (excluding diaryl/α,β-unsaturated/α-hetero) is 1. The number of nitrogens with zero attached hydrogens (tertiary/aromatic N) is 1. The number of ketones is 1. The van der Waals surface area contributed by atoms with Crippen molar-refractivity contribution in [3.8, 4) is 0 Å². The van der Waals surface area contributed by atoms with Gasteiger partial charge in [0.15, 0.2) is 0 Å². The molecule has 6 heteroatoms. The van der Waals surface area contributed by atoms with E-state index >= 15 is 0 Å². The number of rotatable bonds is 6. The van der Waals surface area contributed by atoms with Crippen molar-refractivity contribution in [2.24, 2.45) is 39.9 Å². The standard InChI is InChI=1S/C34H50N2O4/c1-21(36(5)6)31-28(39)19-33(3)26-14-13-25-23(17-24(26)27(38)18-34(31,33)4)12-15-29(32(25,2)20-37)35-30(40)16-22-10-8-7-9-11-22/h7-12,21,24-26,28-29,31,37,39H,13-20H2,1-6H3,(H,35,40)/t21-,24+,25+,26+,28+,29-,31-,32-,33-,34+/m0/s1. The van der Waals surface area contributed by atoms with Gasteiger partial charge in [-0.15, -0.1) is 0 Å². The Morgan fingerprint density at radius 2 is 1.82 bits per heavy atom. The fourth-order valence-corrected chi connectivity index (χ4v) is 9.77. The van der Waals surface area contributed by atoms with Crippen molar-refractivity contribution in [1.82, 2.24) is 10.2 Å². The second-order valence-corrected chi connectivity index (χ2v) is 14.5. The summed E-state index contributed by atoms with van der Waals surface area (Å²) >= 11 is 0. The number of hydrogen-bond donors (Lipinski definition) is 3. The number of fused-ring (bicyclic) bond motifs is 4. The topological polar surface area (TPSA) is 89.9 Å². The zero-order valence-electron chi connectivity index (χ0n) is 25.3. The Morgan fingerprint density at radius 3 is 2.48 bits per heavy atom. The molecule has 40 heavy (non-hydrogen) atoms. The van der Waals surface area contributed by atoms with Crippen LogP contribution in [0, 0.1) is 39.9 Å². The number of aliphatic hydroxyl groups excluding tert-OH is 2. The van der Waals surface area contributed by atoms with Crippen molar-refractivity contribution in [1.29, 1.82) is 0 Å². The van der Waals surface area contributed by atoms with Gasteiger partial charge in [-0.25, -0.2) is 0 Å². The Morgan fingerprint density at radius 1 is 1.12 bits per heavy atom. The Kier molecular flexibility index (Phi) is 7.86. The van der Waals surface area contributed by atoms with Crippen LogP contribution >= 0.6 is 0 Å². The molecule has 0 aromatic heterocycles. The molecule has 0 spiro atoms. The van der Waals surface area contributed by atoms with Crippen LogP contribution in [0.5, 0.6) is 0 Å². The van der Waals surface area contributed by atoms with Crippen molar-refractivity contribution in [3.63, 3.8) is 0 Å². The maximum Gasteiger partial charge on any atom is 0.224 e. The lowest BCUT2D eigenvalue weighted by molar-refractivity contribution is -0.147. The first kappa shape index (κ1) is 29.5. The Balaban J connectivity index is 1.40. The molecule has 0 saturated heterocycles. The molecule has 0 radical (unpaired) electrons.